The molecule has 0 saturated heterocycles. The minimum Gasteiger partial charge on any atom is -0.327 e. The molecule has 3 rings (SSSR count). The lowest BCUT2D eigenvalue weighted by Gasteiger charge is -2.09. The van der Waals surface area contributed by atoms with Crippen molar-refractivity contribution in [2.24, 2.45) is 0 Å². The van der Waals surface area contributed by atoms with Crippen molar-refractivity contribution in [1.29, 1.82) is 0 Å². The van der Waals surface area contributed by atoms with Gasteiger partial charge in [0.05, 0.1) is 17.4 Å². The Morgan fingerprint density at radius 2 is 2.13 bits per heavy atom. The Hall–Kier alpha value is -3.41. The number of carbonyl (C=O) groups excluding carboxylic acids is 2. The number of carbonyl (C=O) groups is 2. The number of fused-ring (bicyclic) bond motifs is 1. The largest absolute Gasteiger partial charge is 0.327 e. The number of amides is 2. The summed E-state index contributed by atoms with van der Waals surface area (Å²) in [6.07, 6.45) is 3.55. The molecule has 114 valence electrons. The first-order valence-corrected chi connectivity index (χ1v) is 6.93. The summed E-state index contributed by atoms with van der Waals surface area (Å²) in [6, 6.07) is 11.2. The lowest BCUT2D eigenvalue weighted by atomic mass is 10.0. The van der Waals surface area contributed by atoms with Gasteiger partial charge in [-0.3, -0.25) is 14.7 Å². The minimum atomic E-state index is -0.263. The number of nitrogens with zero attached hydrogens (tertiary/aromatic N) is 1. The average Bonchev–Trinajstić information content (AvgIpc) is 3.05. The van der Waals surface area contributed by atoms with Crippen molar-refractivity contribution in [2.75, 3.05) is 10.6 Å². The summed E-state index contributed by atoms with van der Waals surface area (Å²) in [6.45, 7) is 3.44. The molecule has 23 heavy (non-hydrogen) atoms. The lowest BCUT2D eigenvalue weighted by Crippen LogP contribution is -2.06. The molecule has 0 unspecified atom stereocenters. The number of hydrogen-bond donors (Lipinski definition) is 3. The molecule has 0 saturated carbocycles. The molecule has 2 amide bonds. The molecule has 6 heteroatoms. The number of hydrogen-bond acceptors (Lipinski definition) is 3. The van der Waals surface area contributed by atoms with Gasteiger partial charge in [-0.1, -0.05) is 24.8 Å². The number of rotatable bonds is 5. The highest BCUT2D eigenvalue weighted by atomic mass is 16.1. The molecule has 0 aliphatic heterocycles. The average molecular weight is 306 g/mol. The first-order chi connectivity index (χ1) is 11.2. The number of anilines is 2. The van der Waals surface area contributed by atoms with Crippen LogP contribution in [0.25, 0.3) is 22.0 Å². The topological polar surface area (TPSA) is 86.9 Å². The third-order valence-corrected chi connectivity index (χ3v) is 3.46. The number of aromatic amines is 1. The minimum absolute atomic E-state index is 0.263. The van der Waals surface area contributed by atoms with Crippen molar-refractivity contribution < 1.29 is 9.59 Å². The third kappa shape index (κ3) is 2.82. The predicted octanol–water partition coefficient (Wildman–Crippen LogP) is 2.92. The van der Waals surface area contributed by atoms with E-state index in [1.807, 2.05) is 24.3 Å². The van der Waals surface area contributed by atoms with E-state index < -0.39 is 0 Å². The molecule has 6 nitrogen and oxygen atoms in total. The molecular weight excluding hydrogens is 292 g/mol. The Labute approximate surface area is 132 Å². The van der Waals surface area contributed by atoms with E-state index in [1.54, 1.807) is 18.3 Å². The van der Waals surface area contributed by atoms with E-state index in [2.05, 4.69) is 27.4 Å². The van der Waals surface area contributed by atoms with Crippen LogP contribution in [0, 0.1) is 0 Å². The summed E-state index contributed by atoms with van der Waals surface area (Å²) < 4.78 is 0. The number of H-pyrrole nitrogens is 1. The fourth-order valence-electron chi connectivity index (χ4n) is 2.43. The summed E-state index contributed by atoms with van der Waals surface area (Å²) in [4.78, 5) is 22.1. The summed E-state index contributed by atoms with van der Waals surface area (Å²) in [7, 11) is 0. The fourth-order valence-corrected chi connectivity index (χ4v) is 2.43. The standard InChI is InChI=1S/C17H14N4O2/c1-2-16(23)20-12-5-3-4-11(8-12)13-6-7-15(18-10-22)17-14(13)9-19-21-17/h2-10H,1H2,(H,18,22)(H,19,21)(H,20,23). The number of aromatic nitrogens is 2. The zero-order chi connectivity index (χ0) is 16.2. The van der Waals surface area contributed by atoms with E-state index in [0.717, 1.165) is 22.0 Å². The predicted molar refractivity (Wildman–Crippen MR) is 90.0 cm³/mol. The molecule has 0 spiro atoms. The molecule has 0 radical (unpaired) electrons. The second-order valence-corrected chi connectivity index (χ2v) is 4.86. The van der Waals surface area contributed by atoms with Crippen LogP contribution in [0.5, 0.6) is 0 Å². The highest BCUT2D eigenvalue weighted by molar-refractivity contribution is 6.04. The van der Waals surface area contributed by atoms with Crippen LogP contribution in [-0.4, -0.2) is 22.5 Å². The van der Waals surface area contributed by atoms with Gasteiger partial charge in [0.2, 0.25) is 12.3 Å². The quantitative estimate of drug-likeness (QED) is 0.500. The SMILES string of the molecule is C=CC(=O)Nc1cccc(-c2ccc(NC=O)c3[nH]ncc23)c1. The van der Waals surface area contributed by atoms with E-state index >= 15 is 0 Å². The highest BCUT2D eigenvalue weighted by Gasteiger charge is 2.10. The Morgan fingerprint density at radius 3 is 2.91 bits per heavy atom. The van der Waals surface area contributed by atoms with Crippen molar-refractivity contribution in [1.82, 2.24) is 10.2 Å². The smallest absolute Gasteiger partial charge is 0.247 e. The molecule has 3 aromatic rings. The Morgan fingerprint density at radius 1 is 1.26 bits per heavy atom. The van der Waals surface area contributed by atoms with Crippen LogP contribution in [0.3, 0.4) is 0 Å². The monoisotopic (exact) mass is 306 g/mol. The van der Waals surface area contributed by atoms with Crippen LogP contribution in [0.1, 0.15) is 0 Å². The van der Waals surface area contributed by atoms with Crippen LogP contribution in [-0.2, 0) is 9.59 Å². The maximum Gasteiger partial charge on any atom is 0.247 e. The van der Waals surface area contributed by atoms with E-state index in [4.69, 9.17) is 0 Å². The normalized spacial score (nSPS) is 10.3. The number of nitrogens with one attached hydrogen (secondary N) is 3. The maximum atomic E-state index is 11.4. The molecule has 0 fully saturated rings. The van der Waals surface area contributed by atoms with Crippen molar-refractivity contribution in [3.8, 4) is 11.1 Å². The molecule has 0 aliphatic rings. The molecule has 0 atom stereocenters. The molecular formula is C17H14N4O2. The van der Waals surface area contributed by atoms with Crippen molar-refractivity contribution >= 4 is 34.6 Å². The summed E-state index contributed by atoms with van der Waals surface area (Å²) in [5.74, 6) is -0.263. The van der Waals surface area contributed by atoms with Gasteiger partial charge in [-0.25, -0.2) is 0 Å². The van der Waals surface area contributed by atoms with Crippen LogP contribution in [0.4, 0.5) is 11.4 Å². The lowest BCUT2D eigenvalue weighted by molar-refractivity contribution is -0.112. The van der Waals surface area contributed by atoms with E-state index in [9.17, 15) is 9.59 Å². The van der Waals surface area contributed by atoms with Gasteiger partial charge in [0, 0.05) is 11.1 Å². The van der Waals surface area contributed by atoms with E-state index in [0.29, 0.717) is 17.8 Å². The van der Waals surface area contributed by atoms with Crippen LogP contribution in [0.15, 0.2) is 55.3 Å². The van der Waals surface area contributed by atoms with Crippen LogP contribution in [0.2, 0.25) is 0 Å². The first kappa shape index (κ1) is 14.5. The maximum absolute atomic E-state index is 11.4. The zero-order valence-electron chi connectivity index (χ0n) is 12.2. The van der Waals surface area contributed by atoms with Crippen molar-refractivity contribution in [3.05, 3.63) is 55.3 Å². The number of benzene rings is 2. The summed E-state index contributed by atoms with van der Waals surface area (Å²) in [5, 5.41) is 13.2. The van der Waals surface area contributed by atoms with Gasteiger partial charge >= 0.3 is 0 Å². The summed E-state index contributed by atoms with van der Waals surface area (Å²) in [5.41, 5.74) is 3.96. The van der Waals surface area contributed by atoms with E-state index in [-0.39, 0.29) is 5.91 Å². The van der Waals surface area contributed by atoms with Gasteiger partial charge in [-0.2, -0.15) is 5.10 Å². The van der Waals surface area contributed by atoms with Gasteiger partial charge < -0.3 is 10.6 Å². The molecule has 2 aromatic carbocycles. The van der Waals surface area contributed by atoms with Crippen molar-refractivity contribution in [3.63, 3.8) is 0 Å². The van der Waals surface area contributed by atoms with Gasteiger partial charge in [0.25, 0.3) is 0 Å². The van der Waals surface area contributed by atoms with Crippen LogP contribution < -0.4 is 10.6 Å². The van der Waals surface area contributed by atoms with Gasteiger partial charge in [-0.15, -0.1) is 0 Å². The Balaban J connectivity index is 2.07. The Kier molecular flexibility index (Phi) is 3.88. The Bertz CT molecular complexity index is 898. The van der Waals surface area contributed by atoms with E-state index in [1.165, 1.54) is 6.08 Å². The van der Waals surface area contributed by atoms with Gasteiger partial charge in [0.15, 0.2) is 0 Å². The second-order valence-electron chi connectivity index (χ2n) is 4.86. The molecule has 0 bridgehead atoms. The molecule has 1 heterocycles. The van der Waals surface area contributed by atoms with Gasteiger partial charge in [-0.05, 0) is 35.4 Å². The molecule has 1 aromatic heterocycles. The van der Waals surface area contributed by atoms with Crippen LogP contribution >= 0.6 is 0 Å². The zero-order valence-corrected chi connectivity index (χ0v) is 12.2. The summed E-state index contributed by atoms with van der Waals surface area (Å²) >= 11 is 0. The second kappa shape index (κ2) is 6.15. The van der Waals surface area contributed by atoms with Crippen molar-refractivity contribution in [2.45, 2.75) is 0 Å². The molecule has 0 aliphatic carbocycles. The first-order valence-electron chi connectivity index (χ1n) is 6.93. The highest BCUT2D eigenvalue weighted by Crippen LogP contribution is 2.32. The third-order valence-electron chi connectivity index (χ3n) is 3.46. The fraction of sp³-hybridized carbons (Fsp3) is 0. The molecule has 3 N–H and O–H groups in total. The van der Waals surface area contributed by atoms with Gasteiger partial charge in [0.1, 0.15) is 0 Å².